The SMILES string of the molecule is CC(CN1CCSC(C)(C)CC1)C(N)c1ccccc1. The molecule has 0 saturated carbocycles. The van der Waals surface area contributed by atoms with Crippen molar-refractivity contribution in [2.24, 2.45) is 11.7 Å². The van der Waals surface area contributed by atoms with Gasteiger partial charge >= 0.3 is 0 Å². The second-order valence-corrected chi connectivity index (χ2v) is 8.37. The number of nitrogens with zero attached hydrogens (tertiary/aromatic N) is 1. The third kappa shape index (κ3) is 4.51. The van der Waals surface area contributed by atoms with Crippen LogP contribution in [0.1, 0.15) is 38.8 Å². The molecular weight excluding hydrogens is 264 g/mol. The third-order valence-corrected chi connectivity index (χ3v) is 5.65. The largest absolute Gasteiger partial charge is 0.324 e. The summed E-state index contributed by atoms with van der Waals surface area (Å²) in [6.45, 7) is 10.5. The van der Waals surface area contributed by atoms with Crippen LogP contribution in [0.3, 0.4) is 0 Å². The molecule has 112 valence electrons. The monoisotopic (exact) mass is 292 g/mol. The average molecular weight is 292 g/mol. The number of hydrogen-bond donors (Lipinski definition) is 1. The first kappa shape index (κ1) is 15.9. The minimum Gasteiger partial charge on any atom is -0.324 e. The summed E-state index contributed by atoms with van der Waals surface area (Å²) >= 11 is 2.10. The number of rotatable bonds is 4. The average Bonchev–Trinajstić information content (AvgIpc) is 2.60. The predicted octanol–water partition coefficient (Wildman–Crippen LogP) is 3.54. The zero-order valence-electron chi connectivity index (χ0n) is 13.0. The fraction of sp³-hybridized carbons (Fsp3) is 0.647. The lowest BCUT2D eigenvalue weighted by atomic mass is 9.94. The van der Waals surface area contributed by atoms with E-state index in [2.05, 4.69) is 67.8 Å². The van der Waals surface area contributed by atoms with Crippen LogP contribution in [0.2, 0.25) is 0 Å². The van der Waals surface area contributed by atoms with Gasteiger partial charge in [-0.25, -0.2) is 0 Å². The van der Waals surface area contributed by atoms with Crippen molar-refractivity contribution in [1.82, 2.24) is 4.90 Å². The second-order valence-electron chi connectivity index (χ2n) is 6.57. The first-order chi connectivity index (χ1) is 9.48. The molecule has 1 aromatic carbocycles. The molecule has 2 nitrogen and oxygen atoms in total. The van der Waals surface area contributed by atoms with Crippen LogP contribution in [0.4, 0.5) is 0 Å². The Morgan fingerprint density at radius 3 is 2.65 bits per heavy atom. The van der Waals surface area contributed by atoms with Crippen LogP contribution in [-0.2, 0) is 0 Å². The molecule has 0 aromatic heterocycles. The van der Waals surface area contributed by atoms with Crippen molar-refractivity contribution in [1.29, 1.82) is 0 Å². The molecule has 1 aliphatic rings. The first-order valence-electron chi connectivity index (χ1n) is 7.65. The van der Waals surface area contributed by atoms with Gasteiger partial charge < -0.3 is 10.6 Å². The molecule has 20 heavy (non-hydrogen) atoms. The Labute approximate surface area is 128 Å². The Morgan fingerprint density at radius 2 is 1.95 bits per heavy atom. The molecule has 2 N–H and O–H groups in total. The van der Waals surface area contributed by atoms with E-state index in [1.165, 1.54) is 30.8 Å². The predicted molar refractivity (Wildman–Crippen MR) is 90.1 cm³/mol. The fourth-order valence-corrected chi connectivity index (χ4v) is 3.91. The molecule has 1 aliphatic heterocycles. The summed E-state index contributed by atoms with van der Waals surface area (Å²) in [6, 6.07) is 10.6. The Morgan fingerprint density at radius 1 is 1.25 bits per heavy atom. The Balaban J connectivity index is 1.89. The molecule has 0 spiro atoms. The summed E-state index contributed by atoms with van der Waals surface area (Å²) in [5.41, 5.74) is 7.67. The van der Waals surface area contributed by atoms with E-state index < -0.39 is 0 Å². The molecule has 1 fully saturated rings. The van der Waals surface area contributed by atoms with Crippen molar-refractivity contribution in [3.8, 4) is 0 Å². The van der Waals surface area contributed by atoms with E-state index in [1.807, 2.05) is 0 Å². The lowest BCUT2D eigenvalue weighted by Gasteiger charge is -2.28. The summed E-state index contributed by atoms with van der Waals surface area (Å²) in [4.78, 5) is 2.59. The maximum Gasteiger partial charge on any atom is 0.0333 e. The molecule has 1 heterocycles. The van der Waals surface area contributed by atoms with Crippen molar-refractivity contribution in [2.45, 2.75) is 38.0 Å². The molecule has 0 radical (unpaired) electrons. The van der Waals surface area contributed by atoms with Crippen molar-refractivity contribution in [2.75, 3.05) is 25.4 Å². The van der Waals surface area contributed by atoms with E-state index in [0.717, 1.165) is 6.54 Å². The lowest BCUT2D eigenvalue weighted by molar-refractivity contribution is 0.230. The van der Waals surface area contributed by atoms with Gasteiger partial charge in [-0.2, -0.15) is 11.8 Å². The standard InChI is InChI=1S/C17H28N2S/c1-14(16(18)15-7-5-4-6-8-15)13-19-10-9-17(2,3)20-12-11-19/h4-8,14,16H,9-13,18H2,1-3H3. The smallest absolute Gasteiger partial charge is 0.0333 e. The fourth-order valence-electron chi connectivity index (χ4n) is 2.77. The molecule has 1 saturated heterocycles. The van der Waals surface area contributed by atoms with Crippen LogP contribution in [0.5, 0.6) is 0 Å². The number of hydrogen-bond acceptors (Lipinski definition) is 3. The van der Waals surface area contributed by atoms with Gasteiger partial charge in [-0.05, 0) is 24.4 Å². The second kappa shape index (κ2) is 6.97. The summed E-state index contributed by atoms with van der Waals surface area (Å²) in [6.07, 6.45) is 1.27. The van der Waals surface area contributed by atoms with Crippen molar-refractivity contribution in [3.05, 3.63) is 35.9 Å². The molecule has 0 amide bonds. The molecule has 3 heteroatoms. The van der Waals surface area contributed by atoms with E-state index in [1.54, 1.807) is 0 Å². The summed E-state index contributed by atoms with van der Waals surface area (Å²) in [5, 5.41) is 0. The Kier molecular flexibility index (Phi) is 5.53. The summed E-state index contributed by atoms with van der Waals surface area (Å²) in [5.74, 6) is 1.73. The van der Waals surface area contributed by atoms with Crippen LogP contribution in [0, 0.1) is 5.92 Å². The maximum absolute atomic E-state index is 6.42. The van der Waals surface area contributed by atoms with Gasteiger partial charge in [-0.15, -0.1) is 0 Å². The molecule has 2 rings (SSSR count). The highest BCUT2D eigenvalue weighted by atomic mass is 32.2. The van der Waals surface area contributed by atoms with E-state index in [9.17, 15) is 0 Å². The number of thioether (sulfide) groups is 1. The molecular formula is C17H28N2S. The summed E-state index contributed by atoms with van der Waals surface area (Å²) < 4.78 is 0.430. The summed E-state index contributed by atoms with van der Waals surface area (Å²) in [7, 11) is 0. The molecule has 2 atom stereocenters. The quantitative estimate of drug-likeness (QED) is 0.920. The minimum atomic E-state index is 0.139. The van der Waals surface area contributed by atoms with Crippen LogP contribution in [0.25, 0.3) is 0 Å². The first-order valence-corrected chi connectivity index (χ1v) is 8.63. The van der Waals surface area contributed by atoms with Gasteiger partial charge in [0, 0.05) is 29.6 Å². The molecule has 1 aromatic rings. The highest BCUT2D eigenvalue weighted by molar-refractivity contribution is 8.00. The number of benzene rings is 1. The van der Waals surface area contributed by atoms with Gasteiger partial charge in [-0.1, -0.05) is 51.1 Å². The molecule has 0 bridgehead atoms. The molecule has 2 unspecified atom stereocenters. The minimum absolute atomic E-state index is 0.139. The van der Waals surface area contributed by atoms with E-state index in [0.29, 0.717) is 10.7 Å². The maximum atomic E-state index is 6.42. The zero-order chi connectivity index (χ0) is 14.6. The zero-order valence-corrected chi connectivity index (χ0v) is 13.8. The van der Waals surface area contributed by atoms with Crippen LogP contribution < -0.4 is 5.73 Å². The van der Waals surface area contributed by atoms with Crippen molar-refractivity contribution < 1.29 is 0 Å². The van der Waals surface area contributed by atoms with Gasteiger partial charge in [-0.3, -0.25) is 0 Å². The Hall–Kier alpha value is -0.510. The van der Waals surface area contributed by atoms with Gasteiger partial charge in [0.25, 0.3) is 0 Å². The van der Waals surface area contributed by atoms with Gasteiger partial charge in [0.05, 0.1) is 0 Å². The number of nitrogens with two attached hydrogens (primary N) is 1. The van der Waals surface area contributed by atoms with Crippen molar-refractivity contribution >= 4 is 11.8 Å². The molecule has 0 aliphatic carbocycles. The van der Waals surface area contributed by atoms with Crippen LogP contribution in [-0.4, -0.2) is 35.0 Å². The van der Waals surface area contributed by atoms with Crippen molar-refractivity contribution in [3.63, 3.8) is 0 Å². The van der Waals surface area contributed by atoms with E-state index in [4.69, 9.17) is 5.73 Å². The van der Waals surface area contributed by atoms with Crippen LogP contribution in [0.15, 0.2) is 30.3 Å². The lowest BCUT2D eigenvalue weighted by Crippen LogP contribution is -2.35. The van der Waals surface area contributed by atoms with Gasteiger partial charge in [0.15, 0.2) is 0 Å². The normalized spacial score (nSPS) is 23.0. The topological polar surface area (TPSA) is 29.3 Å². The third-order valence-electron chi connectivity index (χ3n) is 4.27. The highest BCUT2D eigenvalue weighted by Crippen LogP contribution is 2.31. The van der Waals surface area contributed by atoms with E-state index >= 15 is 0 Å². The van der Waals surface area contributed by atoms with Gasteiger partial charge in [0.2, 0.25) is 0 Å². The highest BCUT2D eigenvalue weighted by Gasteiger charge is 2.25. The van der Waals surface area contributed by atoms with Crippen LogP contribution >= 0.6 is 11.8 Å². The Bertz CT molecular complexity index is 405. The van der Waals surface area contributed by atoms with E-state index in [-0.39, 0.29) is 6.04 Å². The van der Waals surface area contributed by atoms with Gasteiger partial charge in [0.1, 0.15) is 0 Å².